The van der Waals surface area contributed by atoms with Gasteiger partial charge >= 0.3 is 0 Å². The number of methoxy groups -OCH3 is 1. The van der Waals surface area contributed by atoms with E-state index in [1.54, 1.807) is 7.11 Å². The van der Waals surface area contributed by atoms with E-state index in [0.29, 0.717) is 0 Å². The summed E-state index contributed by atoms with van der Waals surface area (Å²) >= 11 is 6.41. The van der Waals surface area contributed by atoms with Gasteiger partial charge < -0.3 is 4.74 Å². The monoisotopic (exact) mass is 240 g/mol. The summed E-state index contributed by atoms with van der Waals surface area (Å²) in [4.78, 5) is 0. The molecule has 0 aromatic heterocycles. The Bertz CT molecular complexity index is 311. The van der Waals surface area contributed by atoms with E-state index >= 15 is 0 Å². The van der Waals surface area contributed by atoms with E-state index in [1.807, 2.05) is 0 Å². The second kappa shape index (κ2) is 5.70. The molecule has 1 unspecified atom stereocenters. The topological polar surface area (TPSA) is 9.23 Å². The molecule has 90 valence electrons. The molecule has 2 heteroatoms. The number of hydrogen-bond acceptors (Lipinski definition) is 1. The average molecular weight is 241 g/mol. The summed E-state index contributed by atoms with van der Waals surface area (Å²) in [5, 5.41) is 0.0592. The third kappa shape index (κ3) is 3.80. The minimum atomic E-state index is 0.0592. The number of hydrogen-bond donors (Lipinski definition) is 0. The first-order chi connectivity index (χ1) is 7.45. The van der Waals surface area contributed by atoms with Crippen LogP contribution < -0.4 is 0 Å². The molecule has 0 N–H and O–H groups in total. The predicted octanol–water partition coefficient (Wildman–Crippen LogP) is 4.20. The maximum Gasteiger partial charge on any atom is 0.0633 e. The highest BCUT2D eigenvalue weighted by atomic mass is 35.5. The number of halogens is 1. The zero-order valence-electron chi connectivity index (χ0n) is 10.6. The highest BCUT2D eigenvalue weighted by molar-refractivity contribution is 6.21. The van der Waals surface area contributed by atoms with Crippen LogP contribution in [0.2, 0.25) is 0 Å². The summed E-state index contributed by atoms with van der Waals surface area (Å²) in [6.07, 6.45) is 0.958. The minimum absolute atomic E-state index is 0.0592. The zero-order valence-corrected chi connectivity index (χ0v) is 11.3. The van der Waals surface area contributed by atoms with Crippen LogP contribution in [0.25, 0.3) is 0 Å². The Labute approximate surface area is 104 Å². The van der Waals surface area contributed by atoms with Gasteiger partial charge in [0.2, 0.25) is 0 Å². The lowest BCUT2D eigenvalue weighted by molar-refractivity contribution is 0.202. The van der Waals surface area contributed by atoms with Crippen LogP contribution in [-0.2, 0) is 11.2 Å². The lowest BCUT2D eigenvalue weighted by Gasteiger charge is -2.25. The molecule has 0 radical (unpaired) electrons. The van der Waals surface area contributed by atoms with Gasteiger partial charge in [0.15, 0.2) is 0 Å². The molecule has 0 bridgehead atoms. The summed E-state index contributed by atoms with van der Waals surface area (Å²) in [5.74, 6) is 0. The van der Waals surface area contributed by atoms with Gasteiger partial charge in [-0.05, 0) is 23.0 Å². The quantitative estimate of drug-likeness (QED) is 0.717. The highest BCUT2D eigenvalue weighted by Gasteiger charge is 2.23. The molecule has 0 fully saturated rings. The van der Waals surface area contributed by atoms with Crippen LogP contribution in [0, 0.1) is 5.41 Å². The standard InChI is InChI=1S/C14H21ClO/c1-14(2,3)13(15)12-7-5-11(6-8-12)9-10-16-4/h5-8,13H,9-10H2,1-4H3. The minimum Gasteiger partial charge on any atom is -0.384 e. The molecular formula is C14H21ClO. The van der Waals surface area contributed by atoms with Crippen molar-refractivity contribution in [2.75, 3.05) is 13.7 Å². The third-order valence-electron chi connectivity index (χ3n) is 2.63. The van der Waals surface area contributed by atoms with Crippen LogP contribution in [0.4, 0.5) is 0 Å². The molecule has 0 amide bonds. The maximum absolute atomic E-state index is 6.41. The first-order valence-corrected chi connectivity index (χ1v) is 6.10. The van der Waals surface area contributed by atoms with Gasteiger partial charge in [0.05, 0.1) is 12.0 Å². The Morgan fingerprint density at radius 1 is 1.19 bits per heavy atom. The smallest absolute Gasteiger partial charge is 0.0633 e. The van der Waals surface area contributed by atoms with Crippen LogP contribution in [-0.4, -0.2) is 13.7 Å². The lowest BCUT2D eigenvalue weighted by atomic mass is 9.87. The van der Waals surface area contributed by atoms with Gasteiger partial charge in [0.1, 0.15) is 0 Å². The van der Waals surface area contributed by atoms with Gasteiger partial charge in [0, 0.05) is 7.11 Å². The number of rotatable bonds is 4. The molecule has 1 rings (SSSR count). The molecule has 0 saturated heterocycles. The van der Waals surface area contributed by atoms with Gasteiger partial charge in [-0.15, -0.1) is 11.6 Å². The summed E-state index contributed by atoms with van der Waals surface area (Å²) in [5.41, 5.74) is 2.58. The van der Waals surface area contributed by atoms with E-state index in [-0.39, 0.29) is 10.8 Å². The predicted molar refractivity (Wildman–Crippen MR) is 70.1 cm³/mol. The van der Waals surface area contributed by atoms with E-state index < -0.39 is 0 Å². The molecule has 0 aliphatic carbocycles. The number of alkyl halides is 1. The molecule has 0 aliphatic rings. The largest absolute Gasteiger partial charge is 0.384 e. The van der Waals surface area contributed by atoms with Crippen LogP contribution in [0.3, 0.4) is 0 Å². The van der Waals surface area contributed by atoms with Crippen molar-refractivity contribution in [1.82, 2.24) is 0 Å². The van der Waals surface area contributed by atoms with Crippen LogP contribution >= 0.6 is 11.6 Å². The lowest BCUT2D eigenvalue weighted by Crippen LogP contribution is -2.13. The first kappa shape index (κ1) is 13.5. The fraction of sp³-hybridized carbons (Fsp3) is 0.571. The van der Waals surface area contributed by atoms with E-state index in [9.17, 15) is 0 Å². The summed E-state index contributed by atoms with van der Waals surface area (Å²) in [7, 11) is 1.72. The fourth-order valence-electron chi connectivity index (χ4n) is 1.57. The van der Waals surface area contributed by atoms with Gasteiger partial charge in [-0.3, -0.25) is 0 Å². The normalized spacial score (nSPS) is 13.8. The molecule has 1 aromatic carbocycles. The Hall–Kier alpha value is -0.530. The SMILES string of the molecule is COCCc1ccc(C(Cl)C(C)(C)C)cc1. The van der Waals surface area contributed by atoms with Crippen molar-refractivity contribution in [2.24, 2.45) is 5.41 Å². The molecule has 16 heavy (non-hydrogen) atoms. The van der Waals surface area contributed by atoms with Crippen LogP contribution in [0.1, 0.15) is 37.3 Å². The van der Waals surface area contributed by atoms with Gasteiger partial charge in [-0.2, -0.15) is 0 Å². The third-order valence-corrected chi connectivity index (χ3v) is 3.53. The van der Waals surface area contributed by atoms with Crippen LogP contribution in [0.5, 0.6) is 0 Å². The maximum atomic E-state index is 6.41. The summed E-state index contributed by atoms with van der Waals surface area (Å²) < 4.78 is 5.05. The van der Waals surface area contributed by atoms with Gasteiger partial charge in [0.25, 0.3) is 0 Å². The first-order valence-electron chi connectivity index (χ1n) is 5.67. The van der Waals surface area contributed by atoms with E-state index in [0.717, 1.165) is 13.0 Å². The van der Waals surface area contributed by atoms with Crippen molar-refractivity contribution in [3.05, 3.63) is 35.4 Å². The number of ether oxygens (including phenoxy) is 1. The van der Waals surface area contributed by atoms with Crippen molar-refractivity contribution in [2.45, 2.75) is 32.6 Å². The van der Waals surface area contributed by atoms with Crippen molar-refractivity contribution < 1.29 is 4.74 Å². The Balaban J connectivity index is 2.71. The second-order valence-electron chi connectivity index (χ2n) is 5.21. The highest BCUT2D eigenvalue weighted by Crippen LogP contribution is 2.38. The molecule has 0 heterocycles. The van der Waals surface area contributed by atoms with Gasteiger partial charge in [-0.25, -0.2) is 0 Å². The Morgan fingerprint density at radius 3 is 2.19 bits per heavy atom. The van der Waals surface area contributed by atoms with Crippen molar-refractivity contribution in [1.29, 1.82) is 0 Å². The second-order valence-corrected chi connectivity index (χ2v) is 5.65. The molecule has 1 atom stereocenters. The molecule has 0 aliphatic heterocycles. The molecule has 1 aromatic rings. The van der Waals surface area contributed by atoms with E-state index in [2.05, 4.69) is 45.0 Å². The summed E-state index contributed by atoms with van der Waals surface area (Å²) in [6.45, 7) is 7.24. The summed E-state index contributed by atoms with van der Waals surface area (Å²) in [6, 6.07) is 8.51. The van der Waals surface area contributed by atoms with Crippen molar-refractivity contribution in [3.63, 3.8) is 0 Å². The molecule has 0 saturated carbocycles. The fourth-order valence-corrected chi connectivity index (χ4v) is 1.72. The molecule has 0 spiro atoms. The molecule has 1 nitrogen and oxygen atoms in total. The van der Waals surface area contributed by atoms with Crippen LogP contribution in [0.15, 0.2) is 24.3 Å². The zero-order chi connectivity index (χ0) is 12.2. The molecular weight excluding hydrogens is 220 g/mol. The van der Waals surface area contributed by atoms with Gasteiger partial charge in [-0.1, -0.05) is 45.0 Å². The average Bonchev–Trinajstić information content (AvgIpc) is 2.25. The Morgan fingerprint density at radius 2 is 1.75 bits per heavy atom. The van der Waals surface area contributed by atoms with E-state index in [1.165, 1.54) is 11.1 Å². The van der Waals surface area contributed by atoms with Crippen molar-refractivity contribution >= 4 is 11.6 Å². The van der Waals surface area contributed by atoms with Crippen molar-refractivity contribution in [3.8, 4) is 0 Å². The van der Waals surface area contributed by atoms with E-state index in [4.69, 9.17) is 16.3 Å². The number of benzene rings is 1. The Kier molecular flexibility index (Phi) is 4.82.